The molecule has 4 atom stereocenters. The highest BCUT2D eigenvalue weighted by molar-refractivity contribution is 5.12. The first kappa shape index (κ1) is 5.92. The van der Waals surface area contributed by atoms with Gasteiger partial charge in [-0.15, -0.1) is 0 Å². The standard InChI is InChI=1S/C9H12N2/c1-2-6-7(3-1)9-5-4-8(6)10-11-9/h1-2,6-9H,3-5H2. The van der Waals surface area contributed by atoms with Gasteiger partial charge >= 0.3 is 0 Å². The van der Waals surface area contributed by atoms with Crippen molar-refractivity contribution in [3.8, 4) is 0 Å². The predicted octanol–water partition coefficient (Wildman–Crippen LogP) is 2.18. The van der Waals surface area contributed by atoms with Crippen LogP contribution in [0.3, 0.4) is 0 Å². The highest BCUT2D eigenvalue weighted by atomic mass is 15.2. The molecule has 4 aliphatic rings. The number of azo groups is 1. The third-order valence-electron chi connectivity index (χ3n) is 3.32. The van der Waals surface area contributed by atoms with E-state index in [1.807, 2.05) is 0 Å². The smallest absolute Gasteiger partial charge is 0.0775 e. The zero-order chi connectivity index (χ0) is 7.26. The van der Waals surface area contributed by atoms with Gasteiger partial charge < -0.3 is 0 Å². The summed E-state index contributed by atoms with van der Waals surface area (Å²) >= 11 is 0. The predicted molar refractivity (Wildman–Crippen MR) is 42.4 cm³/mol. The zero-order valence-corrected chi connectivity index (χ0v) is 6.48. The van der Waals surface area contributed by atoms with Crippen LogP contribution in [-0.4, -0.2) is 12.1 Å². The molecule has 0 N–H and O–H groups in total. The molecule has 0 amide bonds. The molecule has 0 radical (unpaired) electrons. The summed E-state index contributed by atoms with van der Waals surface area (Å²) < 4.78 is 0. The molecule has 2 heterocycles. The Hall–Kier alpha value is -0.660. The van der Waals surface area contributed by atoms with Gasteiger partial charge in [-0.2, -0.15) is 10.2 Å². The molecule has 2 aliphatic carbocycles. The molecule has 0 aromatic carbocycles. The van der Waals surface area contributed by atoms with Crippen molar-refractivity contribution in [2.24, 2.45) is 22.1 Å². The maximum absolute atomic E-state index is 4.33. The quantitative estimate of drug-likeness (QED) is 0.470. The summed E-state index contributed by atoms with van der Waals surface area (Å²) in [7, 11) is 0. The summed E-state index contributed by atoms with van der Waals surface area (Å²) in [4.78, 5) is 0. The average Bonchev–Trinajstić information content (AvgIpc) is 2.55. The van der Waals surface area contributed by atoms with Crippen LogP contribution < -0.4 is 0 Å². The van der Waals surface area contributed by atoms with Crippen molar-refractivity contribution >= 4 is 0 Å². The highest BCUT2D eigenvalue weighted by Gasteiger charge is 2.43. The van der Waals surface area contributed by atoms with Crippen molar-refractivity contribution in [2.75, 3.05) is 0 Å². The molecule has 4 rings (SSSR count). The van der Waals surface area contributed by atoms with E-state index in [9.17, 15) is 0 Å². The van der Waals surface area contributed by atoms with Gasteiger partial charge in [0.15, 0.2) is 0 Å². The summed E-state index contributed by atoms with van der Waals surface area (Å²) in [6.45, 7) is 0. The lowest BCUT2D eigenvalue weighted by molar-refractivity contribution is 0.183. The molecule has 2 heteroatoms. The number of rotatable bonds is 0. The molecule has 2 bridgehead atoms. The van der Waals surface area contributed by atoms with Gasteiger partial charge in [-0.25, -0.2) is 0 Å². The minimum absolute atomic E-state index is 0.545. The van der Waals surface area contributed by atoms with Crippen LogP contribution in [0, 0.1) is 11.8 Å². The molecule has 0 spiro atoms. The summed E-state index contributed by atoms with van der Waals surface area (Å²) in [5.74, 6) is 1.58. The van der Waals surface area contributed by atoms with Crippen molar-refractivity contribution in [1.29, 1.82) is 0 Å². The molecule has 58 valence electrons. The maximum atomic E-state index is 4.33. The number of allylic oxidation sites excluding steroid dienone is 1. The Morgan fingerprint density at radius 2 is 1.91 bits per heavy atom. The molecule has 1 saturated carbocycles. The second kappa shape index (κ2) is 1.93. The summed E-state index contributed by atoms with van der Waals surface area (Å²) in [6, 6.07) is 1.11. The fourth-order valence-electron chi connectivity index (χ4n) is 2.72. The molecule has 2 nitrogen and oxygen atoms in total. The van der Waals surface area contributed by atoms with E-state index in [4.69, 9.17) is 0 Å². The number of fused-ring (bicyclic) bond motifs is 1. The molecule has 0 aromatic rings. The second-order valence-corrected chi connectivity index (χ2v) is 3.85. The van der Waals surface area contributed by atoms with E-state index in [2.05, 4.69) is 22.4 Å². The number of hydrogen-bond acceptors (Lipinski definition) is 2. The van der Waals surface area contributed by atoms with Gasteiger partial charge in [-0.1, -0.05) is 12.2 Å². The summed E-state index contributed by atoms with van der Waals surface area (Å²) in [5, 5.41) is 8.64. The lowest BCUT2D eigenvalue weighted by Gasteiger charge is -2.38. The molecular weight excluding hydrogens is 136 g/mol. The van der Waals surface area contributed by atoms with Crippen molar-refractivity contribution in [3.63, 3.8) is 0 Å². The van der Waals surface area contributed by atoms with E-state index >= 15 is 0 Å². The first-order valence-electron chi connectivity index (χ1n) is 4.52. The van der Waals surface area contributed by atoms with Crippen LogP contribution in [0.25, 0.3) is 0 Å². The summed E-state index contributed by atoms with van der Waals surface area (Å²) in [6.07, 6.45) is 8.50. The minimum Gasteiger partial charge on any atom is -0.190 e. The largest absolute Gasteiger partial charge is 0.190 e. The zero-order valence-electron chi connectivity index (χ0n) is 6.48. The van der Waals surface area contributed by atoms with Crippen molar-refractivity contribution in [2.45, 2.75) is 31.3 Å². The van der Waals surface area contributed by atoms with Crippen LogP contribution in [-0.2, 0) is 0 Å². The molecule has 4 unspecified atom stereocenters. The van der Waals surface area contributed by atoms with Crippen molar-refractivity contribution in [1.82, 2.24) is 0 Å². The third kappa shape index (κ3) is 0.673. The van der Waals surface area contributed by atoms with Crippen LogP contribution in [0.1, 0.15) is 19.3 Å². The minimum atomic E-state index is 0.545. The van der Waals surface area contributed by atoms with Crippen LogP contribution in [0.2, 0.25) is 0 Å². The fraction of sp³-hybridized carbons (Fsp3) is 0.778. The van der Waals surface area contributed by atoms with E-state index in [1.165, 1.54) is 19.3 Å². The van der Waals surface area contributed by atoms with Gasteiger partial charge in [0.05, 0.1) is 12.1 Å². The van der Waals surface area contributed by atoms with Gasteiger partial charge in [0.2, 0.25) is 0 Å². The lowest BCUT2D eigenvalue weighted by atomic mass is 9.74. The van der Waals surface area contributed by atoms with Crippen LogP contribution in [0.4, 0.5) is 0 Å². The van der Waals surface area contributed by atoms with Crippen LogP contribution in [0.15, 0.2) is 22.4 Å². The monoisotopic (exact) mass is 148 g/mol. The lowest BCUT2D eigenvalue weighted by Crippen LogP contribution is -2.39. The SMILES string of the molecule is C1=CC2C3CCC(N=N3)C2C1. The van der Waals surface area contributed by atoms with Crippen molar-refractivity contribution < 1.29 is 0 Å². The van der Waals surface area contributed by atoms with Gasteiger partial charge in [0, 0.05) is 5.92 Å². The Balaban J connectivity index is 2.01. The van der Waals surface area contributed by atoms with Gasteiger partial charge in [-0.3, -0.25) is 0 Å². The molecular formula is C9H12N2. The molecule has 0 aromatic heterocycles. The van der Waals surface area contributed by atoms with E-state index in [0.717, 1.165) is 11.8 Å². The molecule has 0 saturated heterocycles. The van der Waals surface area contributed by atoms with E-state index in [0.29, 0.717) is 12.1 Å². The fourth-order valence-corrected chi connectivity index (χ4v) is 2.72. The van der Waals surface area contributed by atoms with Crippen LogP contribution >= 0.6 is 0 Å². The third-order valence-corrected chi connectivity index (χ3v) is 3.32. The molecule has 11 heavy (non-hydrogen) atoms. The maximum Gasteiger partial charge on any atom is 0.0775 e. The van der Waals surface area contributed by atoms with E-state index in [1.54, 1.807) is 0 Å². The van der Waals surface area contributed by atoms with Gasteiger partial charge in [-0.05, 0) is 25.2 Å². The van der Waals surface area contributed by atoms with Gasteiger partial charge in [0.25, 0.3) is 0 Å². The number of nitrogens with zero attached hydrogens (tertiary/aromatic N) is 2. The average molecular weight is 148 g/mol. The second-order valence-electron chi connectivity index (χ2n) is 3.85. The molecule has 1 fully saturated rings. The Morgan fingerprint density at radius 3 is 2.64 bits per heavy atom. The first-order valence-corrected chi connectivity index (χ1v) is 4.52. The summed E-state index contributed by atoms with van der Waals surface area (Å²) in [5.41, 5.74) is 0. The normalized spacial score (nSPS) is 51.6. The van der Waals surface area contributed by atoms with E-state index in [-0.39, 0.29) is 0 Å². The Morgan fingerprint density at radius 1 is 1.09 bits per heavy atom. The Bertz CT molecular complexity index is 232. The number of hydrogen-bond donors (Lipinski definition) is 0. The van der Waals surface area contributed by atoms with Gasteiger partial charge in [0.1, 0.15) is 0 Å². The topological polar surface area (TPSA) is 24.7 Å². The van der Waals surface area contributed by atoms with Crippen LogP contribution in [0.5, 0.6) is 0 Å². The first-order chi connectivity index (χ1) is 5.45. The van der Waals surface area contributed by atoms with E-state index < -0.39 is 0 Å². The van der Waals surface area contributed by atoms with Crippen molar-refractivity contribution in [3.05, 3.63) is 12.2 Å². The highest BCUT2D eigenvalue weighted by Crippen LogP contribution is 2.44. The molecule has 2 aliphatic heterocycles. The Kier molecular flexibility index (Phi) is 1.04. The Labute approximate surface area is 66.4 Å².